The molecule has 1 aromatic carbocycles. The number of amides is 1. The van der Waals surface area contributed by atoms with Crippen LogP contribution < -0.4 is 16.0 Å². The monoisotopic (exact) mass is 261 g/mol. The minimum atomic E-state index is -0.284. The smallest absolute Gasteiger partial charge is 0.236 e. The van der Waals surface area contributed by atoms with Gasteiger partial charge in [-0.3, -0.25) is 4.79 Å². The Kier molecular flexibility index (Phi) is 4.43. The highest BCUT2D eigenvalue weighted by molar-refractivity contribution is 5.81. The lowest BCUT2D eigenvalue weighted by Crippen LogP contribution is -2.50. The van der Waals surface area contributed by atoms with Crippen LogP contribution in [-0.2, 0) is 11.2 Å². The van der Waals surface area contributed by atoms with Crippen molar-refractivity contribution >= 4 is 11.6 Å². The van der Waals surface area contributed by atoms with Gasteiger partial charge in [0.05, 0.1) is 0 Å². The highest BCUT2D eigenvalue weighted by Crippen LogP contribution is 2.31. The van der Waals surface area contributed by atoms with Crippen LogP contribution in [0.2, 0.25) is 0 Å². The molecule has 0 aliphatic carbocycles. The first kappa shape index (κ1) is 13.9. The number of hydrogen-bond donors (Lipinski definition) is 2. The van der Waals surface area contributed by atoms with E-state index in [1.165, 1.54) is 11.3 Å². The van der Waals surface area contributed by atoms with Crippen LogP contribution in [0.1, 0.15) is 25.8 Å². The minimum absolute atomic E-state index is 0.273. The number of rotatable bonds is 6. The molecule has 1 amide bonds. The van der Waals surface area contributed by atoms with Gasteiger partial charge in [-0.05, 0) is 37.9 Å². The Morgan fingerprint density at radius 2 is 2.26 bits per heavy atom. The largest absolute Gasteiger partial charge is 0.368 e. The van der Waals surface area contributed by atoms with E-state index < -0.39 is 0 Å². The van der Waals surface area contributed by atoms with E-state index >= 15 is 0 Å². The average Bonchev–Trinajstić information content (AvgIpc) is 2.70. The molecule has 0 radical (unpaired) electrons. The SMILES string of the molecule is CCCNC(CN1c2ccccc2CC1C)C(N)=O. The van der Waals surface area contributed by atoms with Crippen LogP contribution in [0, 0.1) is 0 Å². The van der Waals surface area contributed by atoms with E-state index in [1.54, 1.807) is 0 Å². The van der Waals surface area contributed by atoms with Crippen molar-refractivity contribution in [1.29, 1.82) is 0 Å². The Labute approximate surface area is 115 Å². The number of carbonyl (C=O) groups is 1. The summed E-state index contributed by atoms with van der Waals surface area (Å²) >= 11 is 0. The highest BCUT2D eigenvalue weighted by Gasteiger charge is 2.28. The summed E-state index contributed by atoms with van der Waals surface area (Å²) in [5, 5.41) is 3.23. The van der Waals surface area contributed by atoms with Crippen LogP contribution in [0.3, 0.4) is 0 Å². The number of hydrogen-bond acceptors (Lipinski definition) is 3. The Balaban J connectivity index is 2.10. The van der Waals surface area contributed by atoms with Gasteiger partial charge in [0.2, 0.25) is 5.91 Å². The van der Waals surface area contributed by atoms with E-state index in [0.29, 0.717) is 12.6 Å². The zero-order valence-electron chi connectivity index (χ0n) is 11.7. The normalized spacial score (nSPS) is 19.3. The Hall–Kier alpha value is -1.55. The molecule has 19 heavy (non-hydrogen) atoms. The molecule has 1 aromatic rings. The molecule has 1 heterocycles. The fourth-order valence-electron chi connectivity index (χ4n) is 2.68. The summed E-state index contributed by atoms with van der Waals surface area (Å²) < 4.78 is 0. The summed E-state index contributed by atoms with van der Waals surface area (Å²) in [6, 6.07) is 8.52. The number of fused-ring (bicyclic) bond motifs is 1. The van der Waals surface area contributed by atoms with Crippen LogP contribution >= 0.6 is 0 Å². The van der Waals surface area contributed by atoms with E-state index in [1.807, 2.05) is 6.07 Å². The maximum atomic E-state index is 11.5. The fourth-order valence-corrected chi connectivity index (χ4v) is 2.68. The van der Waals surface area contributed by atoms with E-state index in [9.17, 15) is 4.79 Å². The quantitative estimate of drug-likeness (QED) is 0.811. The summed E-state index contributed by atoms with van der Waals surface area (Å²) in [6.07, 6.45) is 2.03. The molecule has 0 aromatic heterocycles. The molecule has 4 nitrogen and oxygen atoms in total. The number of nitrogens with two attached hydrogens (primary N) is 1. The van der Waals surface area contributed by atoms with Gasteiger partial charge in [-0.15, -0.1) is 0 Å². The third-order valence-electron chi connectivity index (χ3n) is 3.71. The number of anilines is 1. The summed E-state index contributed by atoms with van der Waals surface area (Å²) in [6.45, 7) is 5.74. The van der Waals surface area contributed by atoms with Gasteiger partial charge in [0, 0.05) is 18.3 Å². The Bertz CT molecular complexity index is 447. The molecule has 0 saturated heterocycles. The molecule has 2 rings (SSSR count). The second kappa shape index (κ2) is 6.06. The van der Waals surface area contributed by atoms with Crippen LogP contribution in [-0.4, -0.2) is 31.1 Å². The van der Waals surface area contributed by atoms with Crippen LogP contribution in [0.25, 0.3) is 0 Å². The van der Waals surface area contributed by atoms with Gasteiger partial charge in [0.1, 0.15) is 6.04 Å². The van der Waals surface area contributed by atoms with Crippen LogP contribution in [0.4, 0.5) is 5.69 Å². The summed E-state index contributed by atoms with van der Waals surface area (Å²) in [5.74, 6) is -0.273. The molecule has 2 unspecified atom stereocenters. The summed E-state index contributed by atoms with van der Waals surface area (Å²) in [4.78, 5) is 13.8. The number of nitrogens with zero attached hydrogens (tertiary/aromatic N) is 1. The van der Waals surface area contributed by atoms with Crippen LogP contribution in [0.5, 0.6) is 0 Å². The van der Waals surface area contributed by atoms with Crippen molar-refractivity contribution in [3.8, 4) is 0 Å². The Morgan fingerprint density at radius 1 is 1.53 bits per heavy atom. The predicted molar refractivity (Wildman–Crippen MR) is 78.2 cm³/mol. The number of para-hydroxylation sites is 1. The maximum Gasteiger partial charge on any atom is 0.236 e. The lowest BCUT2D eigenvalue weighted by molar-refractivity contribution is -0.119. The molecule has 104 valence electrons. The first-order chi connectivity index (χ1) is 9.13. The first-order valence-electron chi connectivity index (χ1n) is 7.00. The average molecular weight is 261 g/mol. The maximum absolute atomic E-state index is 11.5. The van der Waals surface area contributed by atoms with Gasteiger partial charge < -0.3 is 16.0 Å². The zero-order valence-corrected chi connectivity index (χ0v) is 11.7. The summed E-state index contributed by atoms with van der Waals surface area (Å²) in [7, 11) is 0. The topological polar surface area (TPSA) is 58.4 Å². The second-order valence-electron chi connectivity index (χ2n) is 5.24. The molecular weight excluding hydrogens is 238 g/mol. The van der Waals surface area contributed by atoms with Gasteiger partial charge in [0.15, 0.2) is 0 Å². The molecule has 0 bridgehead atoms. The van der Waals surface area contributed by atoms with E-state index in [4.69, 9.17) is 5.73 Å². The predicted octanol–water partition coefficient (Wildman–Crippen LogP) is 1.29. The number of benzene rings is 1. The first-order valence-corrected chi connectivity index (χ1v) is 7.00. The van der Waals surface area contributed by atoms with E-state index in [-0.39, 0.29) is 11.9 Å². The van der Waals surface area contributed by atoms with E-state index in [2.05, 4.69) is 42.3 Å². The number of primary amides is 1. The lowest BCUT2D eigenvalue weighted by Gasteiger charge is -2.29. The molecule has 0 spiro atoms. The fraction of sp³-hybridized carbons (Fsp3) is 0.533. The standard InChI is InChI=1S/C15H23N3O/c1-3-8-17-13(15(16)19)10-18-11(2)9-12-6-4-5-7-14(12)18/h4-7,11,13,17H,3,8-10H2,1-2H3,(H2,16,19). The van der Waals surface area contributed by atoms with Gasteiger partial charge in [-0.2, -0.15) is 0 Å². The van der Waals surface area contributed by atoms with Crippen LogP contribution in [0.15, 0.2) is 24.3 Å². The van der Waals surface area contributed by atoms with Crippen molar-refractivity contribution in [3.63, 3.8) is 0 Å². The molecule has 3 N–H and O–H groups in total. The van der Waals surface area contributed by atoms with Crippen molar-refractivity contribution in [3.05, 3.63) is 29.8 Å². The van der Waals surface area contributed by atoms with Crippen molar-refractivity contribution in [2.24, 2.45) is 5.73 Å². The molecule has 4 heteroatoms. The van der Waals surface area contributed by atoms with Crippen molar-refractivity contribution in [1.82, 2.24) is 5.32 Å². The number of carbonyl (C=O) groups excluding carboxylic acids is 1. The van der Waals surface area contributed by atoms with Gasteiger partial charge in [0.25, 0.3) is 0 Å². The van der Waals surface area contributed by atoms with Crippen molar-refractivity contribution < 1.29 is 4.79 Å². The molecule has 2 atom stereocenters. The zero-order chi connectivity index (χ0) is 13.8. The minimum Gasteiger partial charge on any atom is -0.368 e. The third kappa shape index (κ3) is 3.07. The van der Waals surface area contributed by atoms with Gasteiger partial charge >= 0.3 is 0 Å². The number of nitrogens with one attached hydrogen (secondary N) is 1. The molecular formula is C15H23N3O. The molecule has 1 aliphatic rings. The van der Waals surface area contributed by atoms with Gasteiger partial charge in [-0.25, -0.2) is 0 Å². The Morgan fingerprint density at radius 3 is 2.95 bits per heavy atom. The summed E-state index contributed by atoms with van der Waals surface area (Å²) in [5.41, 5.74) is 8.08. The molecule has 0 saturated carbocycles. The van der Waals surface area contributed by atoms with Crippen molar-refractivity contribution in [2.75, 3.05) is 18.0 Å². The third-order valence-corrected chi connectivity index (χ3v) is 3.71. The van der Waals surface area contributed by atoms with E-state index in [0.717, 1.165) is 19.4 Å². The molecule has 1 aliphatic heterocycles. The van der Waals surface area contributed by atoms with Crippen molar-refractivity contribution in [2.45, 2.75) is 38.8 Å². The molecule has 0 fully saturated rings. The lowest BCUT2D eigenvalue weighted by atomic mass is 10.1. The second-order valence-corrected chi connectivity index (χ2v) is 5.24. The van der Waals surface area contributed by atoms with Gasteiger partial charge in [-0.1, -0.05) is 25.1 Å². The highest BCUT2D eigenvalue weighted by atomic mass is 16.1.